The molecule has 2 aromatic rings. The number of aliphatic hydroxyl groups excluding tert-OH is 1. The molecule has 2 N–H and O–H groups in total. The maximum atomic E-state index is 12.4. The van der Waals surface area contributed by atoms with Gasteiger partial charge in [-0.3, -0.25) is 9.89 Å². The van der Waals surface area contributed by atoms with Crippen molar-refractivity contribution in [3.05, 3.63) is 30.0 Å². The number of nitrogens with one attached hydrogen (secondary N) is 1. The Balaban J connectivity index is 1.91. The quantitative estimate of drug-likeness (QED) is 0.834. The Morgan fingerprint density at radius 1 is 1.56 bits per heavy atom. The molecule has 2 heterocycles. The van der Waals surface area contributed by atoms with Gasteiger partial charge in [-0.1, -0.05) is 6.07 Å². The molecule has 0 aliphatic carbocycles. The van der Waals surface area contributed by atoms with Crippen LogP contribution in [0.5, 0.6) is 0 Å². The number of benzene rings is 1. The van der Waals surface area contributed by atoms with E-state index in [9.17, 15) is 9.90 Å². The number of H-pyrrole nitrogens is 1. The summed E-state index contributed by atoms with van der Waals surface area (Å²) in [6.45, 7) is 0.767. The zero-order valence-electron chi connectivity index (χ0n) is 9.97. The number of carbonyl (C=O) groups excluding carboxylic acids is 1. The first-order valence-electron chi connectivity index (χ1n) is 6.14. The van der Waals surface area contributed by atoms with Crippen molar-refractivity contribution in [1.82, 2.24) is 15.1 Å². The number of aromatic nitrogens is 2. The van der Waals surface area contributed by atoms with E-state index in [0.29, 0.717) is 5.56 Å². The van der Waals surface area contributed by atoms with Crippen LogP contribution in [0.3, 0.4) is 0 Å². The van der Waals surface area contributed by atoms with Gasteiger partial charge in [0.2, 0.25) is 0 Å². The Morgan fingerprint density at radius 2 is 2.44 bits per heavy atom. The van der Waals surface area contributed by atoms with Crippen LogP contribution in [0.4, 0.5) is 0 Å². The Kier molecular flexibility index (Phi) is 2.76. The lowest BCUT2D eigenvalue weighted by molar-refractivity contribution is 0.0678. The highest BCUT2D eigenvalue weighted by Gasteiger charge is 2.28. The number of fused-ring (bicyclic) bond motifs is 1. The molecule has 5 nitrogen and oxygen atoms in total. The largest absolute Gasteiger partial charge is 0.394 e. The van der Waals surface area contributed by atoms with Crippen LogP contribution in [-0.2, 0) is 0 Å². The van der Waals surface area contributed by atoms with Crippen LogP contribution in [-0.4, -0.2) is 45.3 Å². The minimum Gasteiger partial charge on any atom is -0.394 e. The Hall–Kier alpha value is -1.88. The first-order valence-corrected chi connectivity index (χ1v) is 6.14. The van der Waals surface area contributed by atoms with Gasteiger partial charge in [-0.2, -0.15) is 5.10 Å². The summed E-state index contributed by atoms with van der Waals surface area (Å²) in [5.41, 5.74) is 1.51. The molecule has 3 rings (SSSR count). The van der Waals surface area contributed by atoms with Crippen LogP contribution in [0.2, 0.25) is 0 Å². The average molecular weight is 245 g/mol. The Bertz CT molecular complexity index is 578. The van der Waals surface area contributed by atoms with E-state index in [2.05, 4.69) is 10.2 Å². The van der Waals surface area contributed by atoms with Gasteiger partial charge in [0.15, 0.2) is 0 Å². The monoisotopic (exact) mass is 245 g/mol. The summed E-state index contributed by atoms with van der Waals surface area (Å²) in [5.74, 6) is -0.0111. The number of carbonyl (C=O) groups is 1. The fourth-order valence-electron chi connectivity index (χ4n) is 2.53. The summed E-state index contributed by atoms with van der Waals surface area (Å²) in [6.07, 6.45) is 3.58. The maximum Gasteiger partial charge on any atom is 0.254 e. The van der Waals surface area contributed by atoms with Gasteiger partial charge in [0.05, 0.1) is 24.4 Å². The van der Waals surface area contributed by atoms with E-state index in [1.165, 1.54) is 0 Å². The fourth-order valence-corrected chi connectivity index (χ4v) is 2.53. The average Bonchev–Trinajstić information content (AvgIpc) is 3.05. The first kappa shape index (κ1) is 11.2. The topological polar surface area (TPSA) is 69.2 Å². The fraction of sp³-hybridized carbons (Fsp3) is 0.385. The second-order valence-corrected chi connectivity index (χ2v) is 4.65. The van der Waals surface area contributed by atoms with Crippen LogP contribution in [0.25, 0.3) is 10.9 Å². The van der Waals surface area contributed by atoms with Crippen molar-refractivity contribution in [3.63, 3.8) is 0 Å². The molecule has 1 saturated heterocycles. The van der Waals surface area contributed by atoms with E-state index in [-0.39, 0.29) is 18.6 Å². The van der Waals surface area contributed by atoms with E-state index < -0.39 is 0 Å². The van der Waals surface area contributed by atoms with Gasteiger partial charge >= 0.3 is 0 Å². The molecule has 1 aromatic carbocycles. The molecule has 0 radical (unpaired) electrons. The number of hydrogen-bond donors (Lipinski definition) is 2. The zero-order valence-corrected chi connectivity index (χ0v) is 9.97. The molecule has 0 saturated carbocycles. The number of aromatic amines is 1. The van der Waals surface area contributed by atoms with Gasteiger partial charge in [0.1, 0.15) is 0 Å². The van der Waals surface area contributed by atoms with E-state index in [4.69, 9.17) is 0 Å². The number of amides is 1. The molecule has 1 amide bonds. The molecule has 1 aliphatic heterocycles. The summed E-state index contributed by atoms with van der Waals surface area (Å²) in [7, 11) is 0. The number of aliphatic hydroxyl groups is 1. The highest BCUT2D eigenvalue weighted by Crippen LogP contribution is 2.21. The van der Waals surface area contributed by atoms with Gasteiger partial charge in [-0.05, 0) is 25.0 Å². The molecule has 0 bridgehead atoms. The predicted molar refractivity (Wildman–Crippen MR) is 67.2 cm³/mol. The molecule has 94 valence electrons. The molecule has 18 heavy (non-hydrogen) atoms. The molecule has 0 spiro atoms. The van der Waals surface area contributed by atoms with Crippen molar-refractivity contribution in [1.29, 1.82) is 0 Å². The second-order valence-electron chi connectivity index (χ2n) is 4.65. The third-order valence-corrected chi connectivity index (χ3v) is 3.54. The number of nitrogens with zero attached hydrogens (tertiary/aromatic N) is 2. The van der Waals surface area contributed by atoms with Crippen molar-refractivity contribution in [2.75, 3.05) is 13.2 Å². The minimum atomic E-state index is -0.0324. The lowest BCUT2D eigenvalue weighted by Crippen LogP contribution is -2.37. The Labute approximate surface area is 104 Å². The SMILES string of the molecule is O=C(c1ccc2cn[nH]c2c1)N1CCC[C@@H]1CO. The first-order chi connectivity index (χ1) is 8.79. The lowest BCUT2D eigenvalue weighted by Gasteiger charge is -2.23. The standard InChI is InChI=1S/C13H15N3O2/c17-8-11-2-1-5-16(11)13(18)9-3-4-10-7-14-15-12(10)6-9/h3-4,6-7,11,17H,1-2,5,8H2,(H,14,15)/t11-/m1/s1. The summed E-state index contributed by atoms with van der Waals surface area (Å²) < 4.78 is 0. The number of rotatable bonds is 2. The molecule has 1 aromatic heterocycles. The molecule has 0 unspecified atom stereocenters. The summed E-state index contributed by atoms with van der Waals surface area (Å²) in [6, 6.07) is 5.48. The molecule has 1 aliphatic rings. The maximum absolute atomic E-state index is 12.4. The van der Waals surface area contributed by atoms with Gasteiger partial charge in [-0.25, -0.2) is 0 Å². The van der Waals surface area contributed by atoms with Gasteiger partial charge in [0.25, 0.3) is 5.91 Å². The molecular formula is C13H15N3O2. The predicted octanol–water partition coefficient (Wildman–Crippen LogP) is 1.16. The highest BCUT2D eigenvalue weighted by molar-refractivity contribution is 5.98. The van der Waals surface area contributed by atoms with Crippen LogP contribution in [0.1, 0.15) is 23.2 Å². The summed E-state index contributed by atoms with van der Waals surface area (Å²) in [5, 5.41) is 17.1. The van der Waals surface area contributed by atoms with Crippen molar-refractivity contribution in [3.8, 4) is 0 Å². The van der Waals surface area contributed by atoms with Crippen molar-refractivity contribution < 1.29 is 9.90 Å². The van der Waals surface area contributed by atoms with Crippen molar-refractivity contribution >= 4 is 16.8 Å². The smallest absolute Gasteiger partial charge is 0.254 e. The van der Waals surface area contributed by atoms with Gasteiger partial charge in [-0.15, -0.1) is 0 Å². The number of hydrogen-bond acceptors (Lipinski definition) is 3. The molecule has 1 fully saturated rings. The number of likely N-dealkylation sites (tertiary alicyclic amines) is 1. The van der Waals surface area contributed by atoms with Crippen molar-refractivity contribution in [2.45, 2.75) is 18.9 Å². The third kappa shape index (κ3) is 1.76. The van der Waals surface area contributed by atoms with E-state index in [1.807, 2.05) is 18.2 Å². The van der Waals surface area contributed by atoms with Crippen LogP contribution >= 0.6 is 0 Å². The lowest BCUT2D eigenvalue weighted by atomic mass is 10.1. The molecule has 5 heteroatoms. The third-order valence-electron chi connectivity index (χ3n) is 3.54. The summed E-state index contributed by atoms with van der Waals surface area (Å²) >= 11 is 0. The second kappa shape index (κ2) is 4.42. The normalized spacial score (nSPS) is 19.6. The zero-order chi connectivity index (χ0) is 12.5. The Morgan fingerprint density at radius 3 is 3.28 bits per heavy atom. The van der Waals surface area contributed by atoms with Crippen molar-refractivity contribution in [2.24, 2.45) is 0 Å². The minimum absolute atomic E-state index is 0.0111. The van der Waals surface area contributed by atoms with E-state index in [1.54, 1.807) is 11.1 Å². The highest BCUT2D eigenvalue weighted by atomic mass is 16.3. The van der Waals surface area contributed by atoms with E-state index >= 15 is 0 Å². The van der Waals surface area contributed by atoms with E-state index in [0.717, 1.165) is 30.3 Å². The van der Waals surface area contributed by atoms with Crippen LogP contribution < -0.4 is 0 Å². The van der Waals surface area contributed by atoms with Gasteiger partial charge in [0, 0.05) is 17.5 Å². The molecular weight excluding hydrogens is 230 g/mol. The van der Waals surface area contributed by atoms with Crippen LogP contribution in [0.15, 0.2) is 24.4 Å². The van der Waals surface area contributed by atoms with Gasteiger partial charge < -0.3 is 10.0 Å². The molecule has 1 atom stereocenters. The summed E-state index contributed by atoms with van der Waals surface area (Å²) in [4.78, 5) is 14.1. The van der Waals surface area contributed by atoms with Crippen LogP contribution in [0, 0.1) is 0 Å².